The smallest absolute Gasteiger partial charge is 0.255 e. The van der Waals surface area contributed by atoms with Crippen LogP contribution in [0, 0.1) is 0 Å². The number of phenolic OH excluding ortho intramolecular Hbond substituents is 1. The van der Waals surface area contributed by atoms with Gasteiger partial charge in [0.25, 0.3) is 5.91 Å². The number of nitrogens with two attached hydrogens (primary N) is 1. The van der Waals surface area contributed by atoms with Crippen molar-refractivity contribution in [2.24, 2.45) is 0 Å². The van der Waals surface area contributed by atoms with Crippen molar-refractivity contribution in [1.82, 2.24) is 0 Å². The van der Waals surface area contributed by atoms with Gasteiger partial charge in [-0.25, -0.2) is 0 Å². The van der Waals surface area contributed by atoms with E-state index in [4.69, 9.17) is 22.1 Å². The van der Waals surface area contributed by atoms with Crippen molar-refractivity contribution in [2.45, 2.75) is 0 Å². The van der Waals surface area contributed by atoms with Gasteiger partial charge in [-0.15, -0.1) is 0 Å². The second-order valence-corrected chi connectivity index (χ2v) is 5.75. The van der Waals surface area contributed by atoms with Crippen LogP contribution in [-0.4, -0.2) is 11.0 Å². The average Bonchev–Trinajstić information content (AvgIpc) is 2.58. The number of anilines is 2. The number of aromatic hydroxyl groups is 1. The summed E-state index contributed by atoms with van der Waals surface area (Å²) < 4.78 is 5.72. The zero-order chi connectivity index (χ0) is 17.8. The second kappa shape index (κ2) is 7.15. The summed E-state index contributed by atoms with van der Waals surface area (Å²) >= 11 is 5.87. The van der Waals surface area contributed by atoms with Gasteiger partial charge in [0, 0.05) is 22.3 Å². The lowest BCUT2D eigenvalue weighted by Gasteiger charge is -2.10. The Morgan fingerprint density at radius 3 is 2.60 bits per heavy atom. The Hall–Kier alpha value is -3.18. The number of benzene rings is 3. The summed E-state index contributed by atoms with van der Waals surface area (Å²) in [5, 5.41) is 12.7. The van der Waals surface area contributed by atoms with E-state index in [0.717, 1.165) is 0 Å². The number of halogens is 1. The number of amides is 1. The molecule has 0 saturated carbocycles. The number of rotatable bonds is 4. The molecule has 3 aromatic rings. The molecular formula is C19H15ClN2O3. The topological polar surface area (TPSA) is 84.6 Å². The van der Waals surface area contributed by atoms with E-state index >= 15 is 0 Å². The first-order chi connectivity index (χ1) is 12.0. The fourth-order valence-electron chi connectivity index (χ4n) is 2.23. The monoisotopic (exact) mass is 354 g/mol. The Balaban J connectivity index is 1.77. The van der Waals surface area contributed by atoms with Crippen LogP contribution >= 0.6 is 11.6 Å². The number of carbonyl (C=O) groups is 1. The minimum atomic E-state index is -0.319. The number of ether oxygens (including phenoxy) is 1. The molecule has 0 unspecified atom stereocenters. The fraction of sp³-hybridized carbons (Fsp3) is 0. The number of hydrogen-bond donors (Lipinski definition) is 3. The molecule has 1 amide bonds. The summed E-state index contributed by atoms with van der Waals surface area (Å²) in [5.41, 5.74) is 7.18. The van der Waals surface area contributed by atoms with Gasteiger partial charge >= 0.3 is 0 Å². The maximum Gasteiger partial charge on any atom is 0.255 e. The summed E-state index contributed by atoms with van der Waals surface area (Å²) in [6.45, 7) is 0. The van der Waals surface area contributed by atoms with E-state index in [1.807, 2.05) is 0 Å². The highest BCUT2D eigenvalue weighted by Crippen LogP contribution is 2.30. The van der Waals surface area contributed by atoms with E-state index in [2.05, 4.69) is 5.32 Å². The average molecular weight is 355 g/mol. The van der Waals surface area contributed by atoms with E-state index in [9.17, 15) is 9.90 Å². The molecule has 4 N–H and O–H groups in total. The molecule has 6 heteroatoms. The third-order valence-corrected chi connectivity index (χ3v) is 3.63. The van der Waals surface area contributed by atoms with Crippen molar-refractivity contribution in [3.63, 3.8) is 0 Å². The molecule has 0 aromatic heterocycles. The van der Waals surface area contributed by atoms with Crippen molar-refractivity contribution >= 4 is 28.9 Å². The van der Waals surface area contributed by atoms with Gasteiger partial charge in [-0.1, -0.05) is 23.7 Å². The third kappa shape index (κ3) is 4.22. The molecule has 5 nitrogen and oxygen atoms in total. The van der Waals surface area contributed by atoms with Crippen molar-refractivity contribution < 1.29 is 14.6 Å². The van der Waals surface area contributed by atoms with Crippen LogP contribution in [-0.2, 0) is 0 Å². The Morgan fingerprint density at radius 2 is 1.84 bits per heavy atom. The van der Waals surface area contributed by atoms with Crippen LogP contribution in [0.4, 0.5) is 11.4 Å². The lowest BCUT2D eigenvalue weighted by atomic mass is 10.2. The van der Waals surface area contributed by atoms with Crippen molar-refractivity contribution in [1.29, 1.82) is 0 Å². The Bertz CT molecular complexity index is 928. The molecule has 3 rings (SSSR count). The van der Waals surface area contributed by atoms with Crippen LogP contribution in [0.3, 0.4) is 0 Å². The predicted molar refractivity (Wildman–Crippen MR) is 98.4 cm³/mol. The first-order valence-electron chi connectivity index (χ1n) is 7.44. The number of nitrogen functional groups attached to an aromatic ring is 1. The SMILES string of the molecule is Nc1cc(Cl)ccc1Oc1cccc(C(=O)Nc2cccc(O)c2)c1. The van der Waals surface area contributed by atoms with Gasteiger partial charge in [0.05, 0.1) is 5.69 Å². The molecule has 0 fully saturated rings. The van der Waals surface area contributed by atoms with E-state index < -0.39 is 0 Å². The minimum absolute atomic E-state index is 0.0769. The van der Waals surface area contributed by atoms with Crippen LogP contribution in [0.1, 0.15) is 10.4 Å². The lowest BCUT2D eigenvalue weighted by Crippen LogP contribution is -2.11. The zero-order valence-corrected chi connectivity index (χ0v) is 13.8. The minimum Gasteiger partial charge on any atom is -0.508 e. The quantitative estimate of drug-likeness (QED) is 0.594. The zero-order valence-electron chi connectivity index (χ0n) is 13.1. The Morgan fingerprint density at radius 1 is 1.04 bits per heavy atom. The number of phenols is 1. The largest absolute Gasteiger partial charge is 0.508 e. The van der Waals surface area contributed by atoms with E-state index in [1.165, 1.54) is 12.1 Å². The molecule has 3 aromatic carbocycles. The van der Waals surface area contributed by atoms with Gasteiger partial charge in [0.15, 0.2) is 0 Å². The van der Waals surface area contributed by atoms with Crippen molar-refractivity contribution in [2.75, 3.05) is 11.1 Å². The van der Waals surface area contributed by atoms with Crippen LogP contribution in [0.15, 0.2) is 66.7 Å². The predicted octanol–water partition coefficient (Wildman–Crippen LogP) is 4.67. The van der Waals surface area contributed by atoms with Gasteiger partial charge in [-0.3, -0.25) is 4.79 Å². The second-order valence-electron chi connectivity index (χ2n) is 5.32. The first kappa shape index (κ1) is 16.7. The molecule has 0 aliphatic carbocycles. The summed E-state index contributed by atoms with van der Waals surface area (Å²) in [5.74, 6) is 0.681. The maximum atomic E-state index is 12.4. The molecule has 0 bridgehead atoms. The molecule has 0 aliphatic rings. The number of hydrogen-bond acceptors (Lipinski definition) is 4. The van der Waals surface area contributed by atoms with E-state index in [1.54, 1.807) is 54.6 Å². The molecule has 0 heterocycles. The van der Waals surface area contributed by atoms with Gasteiger partial charge in [0.2, 0.25) is 0 Å². The van der Waals surface area contributed by atoms with Gasteiger partial charge < -0.3 is 20.9 Å². The summed E-state index contributed by atoms with van der Waals surface area (Å²) in [7, 11) is 0. The maximum absolute atomic E-state index is 12.4. The molecule has 0 saturated heterocycles. The highest BCUT2D eigenvalue weighted by molar-refractivity contribution is 6.30. The van der Waals surface area contributed by atoms with Crippen LogP contribution in [0.2, 0.25) is 5.02 Å². The fourth-order valence-corrected chi connectivity index (χ4v) is 2.41. The van der Waals surface area contributed by atoms with E-state index in [-0.39, 0.29) is 11.7 Å². The molecule has 0 radical (unpaired) electrons. The third-order valence-electron chi connectivity index (χ3n) is 3.40. The Labute approximate surface area is 149 Å². The highest BCUT2D eigenvalue weighted by Gasteiger charge is 2.09. The molecule has 0 atom stereocenters. The molecule has 0 spiro atoms. The van der Waals surface area contributed by atoms with Gasteiger partial charge in [-0.2, -0.15) is 0 Å². The van der Waals surface area contributed by atoms with Crippen LogP contribution in [0.25, 0.3) is 0 Å². The summed E-state index contributed by atoms with van der Waals surface area (Å²) in [6.07, 6.45) is 0. The number of nitrogens with one attached hydrogen (secondary N) is 1. The van der Waals surface area contributed by atoms with Gasteiger partial charge in [0.1, 0.15) is 17.2 Å². The summed E-state index contributed by atoms with van der Waals surface area (Å²) in [4.78, 5) is 12.4. The standard InChI is InChI=1S/C19H15ClN2O3/c20-13-7-8-18(17(21)10-13)25-16-6-1-3-12(9-16)19(24)22-14-4-2-5-15(23)11-14/h1-11,23H,21H2,(H,22,24). The first-order valence-corrected chi connectivity index (χ1v) is 7.82. The van der Waals surface area contributed by atoms with Crippen LogP contribution < -0.4 is 15.8 Å². The van der Waals surface area contributed by atoms with Crippen molar-refractivity contribution in [3.05, 3.63) is 77.3 Å². The normalized spacial score (nSPS) is 10.3. The summed E-state index contributed by atoms with van der Waals surface area (Å²) in [6, 6.07) is 18.0. The number of carbonyl (C=O) groups excluding carboxylic acids is 1. The lowest BCUT2D eigenvalue weighted by molar-refractivity contribution is 0.102. The Kier molecular flexibility index (Phi) is 4.77. The molecular weight excluding hydrogens is 340 g/mol. The van der Waals surface area contributed by atoms with Crippen molar-refractivity contribution in [3.8, 4) is 17.2 Å². The molecule has 25 heavy (non-hydrogen) atoms. The molecule has 126 valence electrons. The molecule has 0 aliphatic heterocycles. The van der Waals surface area contributed by atoms with Gasteiger partial charge in [-0.05, 0) is 48.5 Å². The highest BCUT2D eigenvalue weighted by atomic mass is 35.5. The van der Waals surface area contributed by atoms with Crippen LogP contribution in [0.5, 0.6) is 17.2 Å². The van der Waals surface area contributed by atoms with E-state index in [0.29, 0.717) is 33.5 Å².